The average molecular weight is 339 g/mol. The smallest absolute Gasteiger partial charge is 0.418 e. The first kappa shape index (κ1) is 16.7. The molecule has 1 saturated heterocycles. The number of rotatable bonds is 5. The van der Waals surface area contributed by atoms with Crippen molar-refractivity contribution in [2.45, 2.75) is 25.0 Å². The summed E-state index contributed by atoms with van der Waals surface area (Å²) in [6, 6.07) is 16.9. The molecule has 0 aliphatic carbocycles. The van der Waals surface area contributed by atoms with Gasteiger partial charge in [0.15, 0.2) is 0 Å². The van der Waals surface area contributed by atoms with E-state index in [4.69, 9.17) is 4.74 Å². The van der Waals surface area contributed by atoms with Gasteiger partial charge in [-0.2, -0.15) is 0 Å². The maximum Gasteiger partial charge on any atom is 0.418 e. The Kier molecular flexibility index (Phi) is 4.27. The highest BCUT2D eigenvalue weighted by molar-refractivity contribution is 6.15. The minimum Gasteiger partial charge on any atom is -0.478 e. The van der Waals surface area contributed by atoms with Crippen LogP contribution in [0.25, 0.3) is 0 Å². The minimum absolute atomic E-state index is 0.217. The number of imide groups is 1. The van der Waals surface area contributed by atoms with Gasteiger partial charge in [0.1, 0.15) is 0 Å². The van der Waals surface area contributed by atoms with Crippen molar-refractivity contribution in [2.24, 2.45) is 0 Å². The summed E-state index contributed by atoms with van der Waals surface area (Å²) in [6.45, 7) is 1.66. The lowest BCUT2D eigenvalue weighted by Gasteiger charge is -2.23. The zero-order valence-corrected chi connectivity index (χ0v) is 13.6. The number of aliphatic carboxylic acids is 1. The van der Waals surface area contributed by atoms with Crippen LogP contribution >= 0.6 is 0 Å². The van der Waals surface area contributed by atoms with Gasteiger partial charge in [0, 0.05) is 6.42 Å². The molecule has 1 N–H and O–H groups in total. The van der Waals surface area contributed by atoms with Gasteiger partial charge in [-0.15, -0.1) is 0 Å². The van der Waals surface area contributed by atoms with Crippen molar-refractivity contribution in [2.75, 3.05) is 0 Å². The standard InChI is InChI=1S/C19H17NO5/c1-13(15-10-6-3-7-11-15)20-16(21)19(17(22)23,25-18(20)24)12-14-8-4-2-5-9-14/h2-11,13H,12H2,1H3,(H,22,23)/t13-,19-/m1/s1. The highest BCUT2D eigenvalue weighted by Gasteiger charge is 2.61. The van der Waals surface area contributed by atoms with Crippen LogP contribution in [0.3, 0.4) is 0 Å². The molecule has 0 aromatic heterocycles. The summed E-state index contributed by atoms with van der Waals surface area (Å²) in [5.41, 5.74) is -0.921. The molecule has 1 heterocycles. The van der Waals surface area contributed by atoms with E-state index in [9.17, 15) is 19.5 Å². The van der Waals surface area contributed by atoms with Crippen LogP contribution in [0.2, 0.25) is 0 Å². The van der Waals surface area contributed by atoms with Crippen LogP contribution in [-0.2, 0) is 20.7 Å². The second-order valence-electron chi connectivity index (χ2n) is 5.92. The van der Waals surface area contributed by atoms with E-state index < -0.39 is 29.6 Å². The lowest BCUT2D eigenvalue weighted by molar-refractivity contribution is -0.162. The van der Waals surface area contributed by atoms with E-state index >= 15 is 0 Å². The summed E-state index contributed by atoms with van der Waals surface area (Å²) in [7, 11) is 0. The van der Waals surface area contributed by atoms with Gasteiger partial charge in [-0.1, -0.05) is 60.7 Å². The molecule has 2 aromatic carbocycles. The lowest BCUT2D eigenvalue weighted by Crippen LogP contribution is -2.50. The maximum absolute atomic E-state index is 12.9. The Balaban J connectivity index is 1.96. The summed E-state index contributed by atoms with van der Waals surface area (Å²) < 4.78 is 5.12. The number of carbonyl (C=O) groups is 3. The van der Waals surface area contributed by atoms with Gasteiger partial charge in [0.2, 0.25) is 0 Å². The molecule has 25 heavy (non-hydrogen) atoms. The minimum atomic E-state index is -2.23. The summed E-state index contributed by atoms with van der Waals surface area (Å²) in [4.78, 5) is 38.0. The number of ether oxygens (including phenoxy) is 1. The van der Waals surface area contributed by atoms with Crippen molar-refractivity contribution in [1.29, 1.82) is 0 Å². The van der Waals surface area contributed by atoms with Crippen LogP contribution in [0.1, 0.15) is 24.1 Å². The largest absolute Gasteiger partial charge is 0.478 e. The molecule has 2 amide bonds. The zero-order chi connectivity index (χ0) is 18.0. The molecule has 1 aliphatic heterocycles. The second kappa shape index (κ2) is 6.39. The Morgan fingerprint density at radius 3 is 2.20 bits per heavy atom. The predicted octanol–water partition coefficient (Wildman–Crippen LogP) is 2.79. The molecule has 0 bridgehead atoms. The fourth-order valence-corrected chi connectivity index (χ4v) is 2.94. The van der Waals surface area contributed by atoms with Gasteiger partial charge in [-0.25, -0.2) is 14.5 Å². The summed E-state index contributed by atoms with van der Waals surface area (Å²) in [6.07, 6.45) is -1.16. The monoisotopic (exact) mass is 339 g/mol. The topological polar surface area (TPSA) is 83.9 Å². The molecule has 6 nitrogen and oxygen atoms in total. The van der Waals surface area contributed by atoms with Gasteiger partial charge in [0.25, 0.3) is 11.5 Å². The summed E-state index contributed by atoms with van der Waals surface area (Å²) in [5.74, 6) is -2.33. The number of amides is 2. The number of cyclic esters (lactones) is 1. The van der Waals surface area contributed by atoms with Crippen molar-refractivity contribution in [3.8, 4) is 0 Å². The average Bonchev–Trinajstić information content (AvgIpc) is 2.87. The maximum atomic E-state index is 12.9. The Hall–Kier alpha value is -3.15. The third kappa shape index (κ3) is 2.87. The number of hydrogen-bond acceptors (Lipinski definition) is 4. The van der Waals surface area contributed by atoms with Gasteiger partial charge in [0.05, 0.1) is 6.04 Å². The third-order valence-corrected chi connectivity index (χ3v) is 4.33. The van der Waals surface area contributed by atoms with Crippen LogP contribution in [-0.4, -0.2) is 33.6 Å². The number of carbonyl (C=O) groups excluding carboxylic acids is 2. The van der Waals surface area contributed by atoms with Gasteiger partial charge < -0.3 is 9.84 Å². The first-order valence-corrected chi connectivity index (χ1v) is 7.84. The molecule has 0 spiro atoms. The third-order valence-electron chi connectivity index (χ3n) is 4.33. The molecule has 1 aliphatic rings. The summed E-state index contributed by atoms with van der Waals surface area (Å²) in [5, 5.41) is 9.66. The van der Waals surface area contributed by atoms with Crippen LogP contribution in [0, 0.1) is 0 Å². The van der Waals surface area contributed by atoms with Crippen molar-refractivity contribution >= 4 is 18.0 Å². The van der Waals surface area contributed by atoms with Gasteiger partial charge in [-0.05, 0) is 18.1 Å². The molecule has 3 rings (SSSR count). The van der Waals surface area contributed by atoms with Crippen LogP contribution in [0.5, 0.6) is 0 Å². The molecule has 2 atom stereocenters. The van der Waals surface area contributed by atoms with Crippen molar-refractivity contribution in [3.63, 3.8) is 0 Å². The number of carboxylic acid groups (broad SMARTS) is 1. The summed E-state index contributed by atoms with van der Waals surface area (Å²) >= 11 is 0. The molecule has 1 fully saturated rings. The Bertz CT molecular complexity index is 805. The number of benzene rings is 2. The number of carboxylic acids is 1. The highest BCUT2D eigenvalue weighted by Crippen LogP contribution is 2.34. The van der Waals surface area contributed by atoms with E-state index in [2.05, 4.69) is 0 Å². The van der Waals surface area contributed by atoms with Gasteiger partial charge >= 0.3 is 12.1 Å². The fraction of sp³-hybridized carbons (Fsp3) is 0.211. The van der Waals surface area contributed by atoms with E-state index in [1.165, 1.54) is 0 Å². The first-order valence-electron chi connectivity index (χ1n) is 7.84. The van der Waals surface area contributed by atoms with Crippen LogP contribution in [0.4, 0.5) is 4.79 Å². The van der Waals surface area contributed by atoms with E-state index in [-0.39, 0.29) is 6.42 Å². The Morgan fingerprint density at radius 2 is 1.64 bits per heavy atom. The van der Waals surface area contributed by atoms with Crippen LogP contribution < -0.4 is 0 Å². The van der Waals surface area contributed by atoms with E-state index in [1.54, 1.807) is 61.5 Å². The molecule has 128 valence electrons. The molecule has 2 aromatic rings. The van der Waals surface area contributed by atoms with Crippen molar-refractivity contribution in [1.82, 2.24) is 4.90 Å². The number of nitrogens with zero attached hydrogens (tertiary/aromatic N) is 1. The molecule has 0 unspecified atom stereocenters. The molecular weight excluding hydrogens is 322 g/mol. The van der Waals surface area contributed by atoms with Crippen LogP contribution in [0.15, 0.2) is 60.7 Å². The normalized spacial score (nSPS) is 21.1. The Labute approximate surface area is 144 Å². The number of hydrogen-bond donors (Lipinski definition) is 1. The Morgan fingerprint density at radius 1 is 1.08 bits per heavy atom. The second-order valence-corrected chi connectivity index (χ2v) is 5.92. The van der Waals surface area contributed by atoms with E-state index in [0.717, 1.165) is 4.90 Å². The first-order chi connectivity index (χ1) is 12.0. The molecule has 6 heteroatoms. The van der Waals surface area contributed by atoms with Crippen molar-refractivity contribution < 1.29 is 24.2 Å². The lowest BCUT2D eigenvalue weighted by atomic mass is 9.93. The quantitative estimate of drug-likeness (QED) is 0.847. The van der Waals surface area contributed by atoms with E-state index in [0.29, 0.717) is 11.1 Å². The molecule has 0 saturated carbocycles. The van der Waals surface area contributed by atoms with Crippen molar-refractivity contribution in [3.05, 3.63) is 71.8 Å². The predicted molar refractivity (Wildman–Crippen MR) is 88.7 cm³/mol. The van der Waals surface area contributed by atoms with Gasteiger partial charge in [-0.3, -0.25) is 4.79 Å². The highest BCUT2D eigenvalue weighted by atomic mass is 16.6. The SMILES string of the molecule is C[C@H](c1ccccc1)N1C(=O)O[C@@](Cc2ccccc2)(C(=O)O)C1=O. The zero-order valence-electron chi connectivity index (χ0n) is 13.6. The molecule has 0 radical (unpaired) electrons. The van der Waals surface area contributed by atoms with E-state index in [1.807, 2.05) is 6.07 Å². The molecular formula is C19H17NO5. The fourth-order valence-electron chi connectivity index (χ4n) is 2.94.